The van der Waals surface area contributed by atoms with Crippen LogP contribution in [0, 0.1) is 0 Å². The average Bonchev–Trinajstić information content (AvgIpc) is 3.01. The van der Waals surface area contributed by atoms with Crippen LogP contribution in [0.5, 0.6) is 5.75 Å². The molecule has 2 aliphatic rings. The number of carbonyl (C=O) groups is 2. The maximum absolute atomic E-state index is 12.3. The van der Waals surface area contributed by atoms with Gasteiger partial charge in [0.15, 0.2) is 0 Å². The van der Waals surface area contributed by atoms with E-state index in [0.717, 1.165) is 31.6 Å². The number of nitrogens with zero attached hydrogens (tertiary/aromatic N) is 1. The molecule has 1 saturated carbocycles. The molecular formula is C19H23NO5. The van der Waals surface area contributed by atoms with Crippen LogP contribution < -0.4 is 4.90 Å². The van der Waals surface area contributed by atoms with E-state index in [4.69, 9.17) is 9.47 Å². The maximum atomic E-state index is 12.3. The van der Waals surface area contributed by atoms with Gasteiger partial charge >= 0.3 is 11.9 Å². The van der Waals surface area contributed by atoms with Gasteiger partial charge in [0.2, 0.25) is 0 Å². The molecule has 1 N–H and O–H groups in total. The number of aromatic hydroxyl groups is 1. The van der Waals surface area contributed by atoms with Crippen LogP contribution in [0.2, 0.25) is 0 Å². The number of hydrogen-bond acceptors (Lipinski definition) is 6. The highest BCUT2D eigenvalue weighted by atomic mass is 16.7. The van der Waals surface area contributed by atoms with Crippen LogP contribution in [0.4, 0.5) is 5.69 Å². The van der Waals surface area contributed by atoms with Gasteiger partial charge < -0.3 is 19.5 Å². The van der Waals surface area contributed by atoms with Crippen molar-refractivity contribution in [1.29, 1.82) is 0 Å². The molecule has 0 unspecified atom stereocenters. The Bertz CT molecular complexity index is 693. The van der Waals surface area contributed by atoms with Gasteiger partial charge in [-0.15, -0.1) is 0 Å². The zero-order valence-corrected chi connectivity index (χ0v) is 14.6. The van der Waals surface area contributed by atoms with E-state index < -0.39 is 17.7 Å². The number of phenols is 1. The van der Waals surface area contributed by atoms with Crippen LogP contribution in [0.1, 0.15) is 45.1 Å². The first-order chi connectivity index (χ1) is 12.0. The Hall–Kier alpha value is -2.50. The minimum atomic E-state index is -1.08. The van der Waals surface area contributed by atoms with Gasteiger partial charge in [0.05, 0.1) is 0 Å². The summed E-state index contributed by atoms with van der Waals surface area (Å²) in [4.78, 5) is 26.6. The Morgan fingerprint density at radius 1 is 1.12 bits per heavy atom. The first-order valence-electron chi connectivity index (χ1n) is 8.74. The summed E-state index contributed by atoms with van der Waals surface area (Å²) in [5.41, 5.74) is 1.06. The first-order valence-corrected chi connectivity index (χ1v) is 8.74. The summed E-state index contributed by atoms with van der Waals surface area (Å²) in [6.07, 6.45) is 4.15. The van der Waals surface area contributed by atoms with Crippen molar-refractivity contribution < 1.29 is 24.2 Å². The van der Waals surface area contributed by atoms with Gasteiger partial charge in [0.1, 0.15) is 11.3 Å². The van der Waals surface area contributed by atoms with Gasteiger partial charge in [-0.1, -0.05) is 0 Å². The van der Waals surface area contributed by atoms with Crippen molar-refractivity contribution in [3.63, 3.8) is 0 Å². The summed E-state index contributed by atoms with van der Waals surface area (Å²) in [7, 11) is 0. The molecule has 0 atom stereocenters. The second kappa shape index (κ2) is 6.78. The lowest BCUT2D eigenvalue weighted by molar-refractivity contribution is -0.232. The van der Waals surface area contributed by atoms with E-state index >= 15 is 0 Å². The molecule has 0 bridgehead atoms. The van der Waals surface area contributed by atoms with Crippen molar-refractivity contribution in [1.82, 2.24) is 0 Å². The first kappa shape index (κ1) is 17.3. The smallest absolute Gasteiger partial charge is 0.348 e. The highest BCUT2D eigenvalue weighted by Gasteiger charge is 2.47. The zero-order valence-electron chi connectivity index (χ0n) is 14.6. The third kappa shape index (κ3) is 3.34. The molecule has 3 rings (SSSR count). The Labute approximate surface area is 147 Å². The number of carbonyl (C=O) groups excluding carboxylic acids is 2. The lowest BCUT2D eigenvalue weighted by Gasteiger charge is -2.32. The van der Waals surface area contributed by atoms with Crippen molar-refractivity contribution in [2.45, 2.75) is 45.3 Å². The van der Waals surface area contributed by atoms with Crippen LogP contribution in [0.15, 0.2) is 23.8 Å². The minimum absolute atomic E-state index is 0.00125. The fourth-order valence-corrected chi connectivity index (χ4v) is 3.38. The Balaban J connectivity index is 1.85. The lowest BCUT2D eigenvalue weighted by atomic mass is 10.1. The topological polar surface area (TPSA) is 76.1 Å². The van der Waals surface area contributed by atoms with E-state index in [9.17, 15) is 14.7 Å². The zero-order chi connectivity index (χ0) is 18.0. The molecule has 1 heterocycles. The van der Waals surface area contributed by atoms with E-state index in [-0.39, 0.29) is 11.3 Å². The number of hydrogen-bond donors (Lipinski definition) is 1. The fraction of sp³-hybridized carbons (Fsp3) is 0.474. The Morgan fingerprint density at radius 2 is 1.72 bits per heavy atom. The standard InChI is InChI=1S/C19H23NO5/c1-3-20(4-2)14-8-7-13(16(21)12-14)11-15-17(22)24-19(25-18(15)23)9-5-6-10-19/h7-8,11-12,21H,3-6,9-10H2,1-2H3. The maximum Gasteiger partial charge on any atom is 0.348 e. The molecule has 0 radical (unpaired) electrons. The van der Waals surface area contributed by atoms with Gasteiger partial charge in [-0.05, 0) is 44.9 Å². The number of benzene rings is 1. The van der Waals surface area contributed by atoms with Crippen molar-refractivity contribution in [2.75, 3.05) is 18.0 Å². The molecule has 6 nitrogen and oxygen atoms in total. The van der Waals surface area contributed by atoms with E-state index in [2.05, 4.69) is 4.90 Å². The SMILES string of the molecule is CCN(CC)c1ccc(C=C2C(=O)OC3(CCCC3)OC2=O)c(O)c1. The monoisotopic (exact) mass is 345 g/mol. The van der Waals surface area contributed by atoms with Crippen molar-refractivity contribution in [2.24, 2.45) is 0 Å². The molecule has 0 aromatic heterocycles. The van der Waals surface area contributed by atoms with Crippen LogP contribution in [-0.2, 0) is 19.1 Å². The number of phenolic OH excluding ortho intramolecular Hbond substituents is 1. The van der Waals surface area contributed by atoms with E-state index in [1.54, 1.807) is 12.1 Å². The van der Waals surface area contributed by atoms with Gasteiger partial charge in [0.25, 0.3) is 5.79 Å². The van der Waals surface area contributed by atoms with Crippen LogP contribution in [-0.4, -0.2) is 35.9 Å². The van der Waals surface area contributed by atoms with E-state index in [0.29, 0.717) is 18.4 Å². The molecule has 134 valence electrons. The summed E-state index contributed by atoms with van der Waals surface area (Å²) in [6, 6.07) is 5.14. The third-order valence-electron chi connectivity index (χ3n) is 4.81. The van der Waals surface area contributed by atoms with Crippen LogP contribution >= 0.6 is 0 Å². The third-order valence-corrected chi connectivity index (χ3v) is 4.81. The number of esters is 2. The molecular weight excluding hydrogens is 322 g/mol. The van der Waals surface area contributed by atoms with Crippen LogP contribution in [0.25, 0.3) is 6.08 Å². The van der Waals surface area contributed by atoms with E-state index in [1.165, 1.54) is 6.08 Å². The Kier molecular flexibility index (Phi) is 4.70. The van der Waals surface area contributed by atoms with Crippen molar-refractivity contribution in [3.8, 4) is 5.75 Å². The normalized spacial score (nSPS) is 18.9. The number of ether oxygens (including phenoxy) is 2. The molecule has 1 aliphatic carbocycles. The molecule has 1 aliphatic heterocycles. The quantitative estimate of drug-likeness (QED) is 0.514. The van der Waals surface area contributed by atoms with Crippen molar-refractivity contribution >= 4 is 23.7 Å². The van der Waals surface area contributed by atoms with Gasteiger partial charge in [-0.2, -0.15) is 0 Å². The lowest BCUT2D eigenvalue weighted by Crippen LogP contribution is -2.44. The van der Waals surface area contributed by atoms with Crippen LogP contribution in [0.3, 0.4) is 0 Å². The molecule has 1 aromatic carbocycles. The van der Waals surface area contributed by atoms with Gasteiger partial charge in [-0.3, -0.25) is 0 Å². The van der Waals surface area contributed by atoms with E-state index in [1.807, 2.05) is 19.9 Å². The summed E-state index contributed by atoms with van der Waals surface area (Å²) < 4.78 is 10.8. The fourth-order valence-electron chi connectivity index (χ4n) is 3.38. The molecule has 2 fully saturated rings. The summed E-state index contributed by atoms with van der Waals surface area (Å²) in [5, 5.41) is 10.3. The van der Waals surface area contributed by atoms with Gasteiger partial charge in [0, 0.05) is 43.2 Å². The average molecular weight is 345 g/mol. The molecule has 25 heavy (non-hydrogen) atoms. The molecule has 1 spiro atoms. The minimum Gasteiger partial charge on any atom is -0.507 e. The summed E-state index contributed by atoms with van der Waals surface area (Å²) in [5.74, 6) is -2.46. The largest absolute Gasteiger partial charge is 0.507 e. The molecule has 1 aromatic rings. The highest BCUT2D eigenvalue weighted by Crippen LogP contribution is 2.39. The second-order valence-corrected chi connectivity index (χ2v) is 6.37. The highest BCUT2D eigenvalue weighted by molar-refractivity contribution is 6.19. The number of anilines is 1. The predicted octanol–water partition coefficient (Wildman–Crippen LogP) is 2.99. The second-order valence-electron chi connectivity index (χ2n) is 6.37. The summed E-state index contributed by atoms with van der Waals surface area (Å²) >= 11 is 0. The molecule has 1 saturated heterocycles. The van der Waals surface area contributed by atoms with Gasteiger partial charge in [-0.25, -0.2) is 9.59 Å². The molecule has 6 heteroatoms. The summed E-state index contributed by atoms with van der Waals surface area (Å²) in [6.45, 7) is 5.70. The predicted molar refractivity (Wildman–Crippen MR) is 93.0 cm³/mol. The Morgan fingerprint density at radius 3 is 2.24 bits per heavy atom. The molecule has 0 amide bonds. The van der Waals surface area contributed by atoms with Crippen molar-refractivity contribution in [3.05, 3.63) is 29.3 Å². The number of rotatable bonds is 4.